The van der Waals surface area contributed by atoms with Crippen molar-refractivity contribution in [1.29, 1.82) is 5.26 Å². The van der Waals surface area contributed by atoms with Gasteiger partial charge >= 0.3 is 6.03 Å². The molecule has 1 aromatic carbocycles. The van der Waals surface area contributed by atoms with Crippen LogP contribution >= 0.6 is 0 Å². The molecular weight excluding hydrogens is 325 g/mol. The standard InChI is InChI=1S/C17H16FN5O2/c1-11-5-6-15(21-10-11)23-16(24)7-8-20-17(25)22-14-4-2-3-13(18)12(14)9-19/h2-6,10H,7-8H2,1H3,(H2,20,22,25)(H,21,23,24). The number of aryl methyl sites for hydroxylation is 1. The van der Waals surface area contributed by atoms with Crippen LogP contribution in [-0.2, 0) is 4.79 Å². The van der Waals surface area contributed by atoms with Crippen LogP contribution in [0.3, 0.4) is 0 Å². The number of urea groups is 1. The molecule has 0 fully saturated rings. The normalized spacial score (nSPS) is 9.80. The van der Waals surface area contributed by atoms with E-state index in [0.717, 1.165) is 11.6 Å². The second-order valence-electron chi connectivity index (χ2n) is 5.17. The Balaban J connectivity index is 1.79. The van der Waals surface area contributed by atoms with Crippen molar-refractivity contribution in [2.45, 2.75) is 13.3 Å². The number of nitrogens with one attached hydrogen (secondary N) is 3. The number of amides is 3. The molecule has 0 unspecified atom stereocenters. The summed E-state index contributed by atoms with van der Waals surface area (Å²) in [5, 5.41) is 16.3. The molecule has 0 atom stereocenters. The van der Waals surface area contributed by atoms with Gasteiger partial charge in [-0.3, -0.25) is 4.79 Å². The lowest BCUT2D eigenvalue weighted by molar-refractivity contribution is -0.116. The average molecular weight is 341 g/mol. The van der Waals surface area contributed by atoms with Gasteiger partial charge in [0.15, 0.2) is 0 Å². The highest BCUT2D eigenvalue weighted by molar-refractivity contribution is 5.92. The maximum atomic E-state index is 13.4. The van der Waals surface area contributed by atoms with E-state index >= 15 is 0 Å². The molecule has 0 aliphatic heterocycles. The quantitative estimate of drug-likeness (QED) is 0.777. The van der Waals surface area contributed by atoms with Crippen LogP contribution in [0.25, 0.3) is 0 Å². The molecule has 3 amide bonds. The Hall–Kier alpha value is -3.47. The summed E-state index contributed by atoms with van der Waals surface area (Å²) in [5.74, 6) is -0.594. The molecule has 1 heterocycles. The third-order valence-electron chi connectivity index (χ3n) is 3.19. The first kappa shape index (κ1) is 17.9. The van der Waals surface area contributed by atoms with Crippen molar-refractivity contribution in [2.75, 3.05) is 17.2 Å². The fourth-order valence-corrected chi connectivity index (χ4v) is 1.95. The summed E-state index contributed by atoms with van der Waals surface area (Å²) in [6.45, 7) is 1.96. The van der Waals surface area contributed by atoms with Gasteiger partial charge in [0.05, 0.1) is 5.69 Å². The van der Waals surface area contributed by atoms with Crippen molar-refractivity contribution in [1.82, 2.24) is 10.3 Å². The van der Waals surface area contributed by atoms with Crippen LogP contribution in [0.5, 0.6) is 0 Å². The van der Waals surface area contributed by atoms with E-state index < -0.39 is 11.8 Å². The van der Waals surface area contributed by atoms with E-state index in [1.807, 2.05) is 13.0 Å². The molecule has 25 heavy (non-hydrogen) atoms. The molecule has 0 aliphatic carbocycles. The number of hydrogen-bond acceptors (Lipinski definition) is 4. The molecule has 0 saturated carbocycles. The Bertz CT molecular complexity index is 815. The number of pyridine rings is 1. The third kappa shape index (κ3) is 5.28. The van der Waals surface area contributed by atoms with Gasteiger partial charge < -0.3 is 16.0 Å². The van der Waals surface area contributed by atoms with E-state index in [-0.39, 0.29) is 30.1 Å². The van der Waals surface area contributed by atoms with Crippen molar-refractivity contribution in [3.05, 3.63) is 53.5 Å². The van der Waals surface area contributed by atoms with Crippen molar-refractivity contribution in [3.63, 3.8) is 0 Å². The maximum absolute atomic E-state index is 13.4. The summed E-state index contributed by atoms with van der Waals surface area (Å²) < 4.78 is 13.4. The molecule has 1 aromatic heterocycles. The van der Waals surface area contributed by atoms with Gasteiger partial charge in [0.1, 0.15) is 23.3 Å². The molecule has 0 saturated heterocycles. The first-order valence-electron chi connectivity index (χ1n) is 7.45. The maximum Gasteiger partial charge on any atom is 0.319 e. The van der Waals surface area contributed by atoms with Crippen LogP contribution in [0, 0.1) is 24.1 Å². The number of rotatable bonds is 5. The number of aromatic nitrogens is 1. The molecule has 2 aromatic rings. The monoisotopic (exact) mass is 341 g/mol. The second kappa shape index (κ2) is 8.40. The fraction of sp³-hybridized carbons (Fsp3) is 0.176. The lowest BCUT2D eigenvalue weighted by Gasteiger charge is -2.09. The molecule has 2 rings (SSSR count). The van der Waals surface area contributed by atoms with Crippen molar-refractivity contribution >= 4 is 23.4 Å². The fourth-order valence-electron chi connectivity index (χ4n) is 1.95. The molecule has 128 valence electrons. The zero-order chi connectivity index (χ0) is 18.2. The number of anilines is 2. The Morgan fingerprint density at radius 3 is 2.72 bits per heavy atom. The number of hydrogen-bond donors (Lipinski definition) is 3. The third-order valence-corrected chi connectivity index (χ3v) is 3.19. The van der Waals surface area contributed by atoms with E-state index in [2.05, 4.69) is 20.9 Å². The first-order valence-corrected chi connectivity index (χ1v) is 7.45. The topological polar surface area (TPSA) is 107 Å². The van der Waals surface area contributed by atoms with Gasteiger partial charge in [-0.1, -0.05) is 12.1 Å². The van der Waals surface area contributed by atoms with Gasteiger partial charge in [0.2, 0.25) is 5.91 Å². The Labute approximate surface area is 143 Å². The molecule has 8 heteroatoms. The molecule has 7 nitrogen and oxygen atoms in total. The number of carbonyl (C=O) groups excluding carboxylic acids is 2. The van der Waals surface area contributed by atoms with Gasteiger partial charge in [0, 0.05) is 19.2 Å². The van der Waals surface area contributed by atoms with Gasteiger partial charge in [-0.25, -0.2) is 14.2 Å². The molecular formula is C17H16FN5O2. The van der Waals surface area contributed by atoms with Crippen LogP contribution < -0.4 is 16.0 Å². The zero-order valence-corrected chi connectivity index (χ0v) is 13.5. The van der Waals surface area contributed by atoms with Crippen LogP contribution in [0.1, 0.15) is 17.5 Å². The van der Waals surface area contributed by atoms with Crippen molar-refractivity contribution in [3.8, 4) is 6.07 Å². The van der Waals surface area contributed by atoms with E-state index in [9.17, 15) is 14.0 Å². The zero-order valence-electron chi connectivity index (χ0n) is 13.5. The SMILES string of the molecule is Cc1ccc(NC(=O)CCNC(=O)Nc2cccc(F)c2C#N)nc1. The molecule has 0 radical (unpaired) electrons. The molecule has 0 spiro atoms. The number of halogens is 1. The van der Waals surface area contributed by atoms with Crippen LogP contribution in [0.2, 0.25) is 0 Å². The lowest BCUT2D eigenvalue weighted by Crippen LogP contribution is -2.31. The van der Waals surface area contributed by atoms with Gasteiger partial charge in [-0.2, -0.15) is 5.26 Å². The second-order valence-corrected chi connectivity index (χ2v) is 5.17. The predicted molar refractivity (Wildman–Crippen MR) is 90.4 cm³/mol. The average Bonchev–Trinajstić information content (AvgIpc) is 2.57. The van der Waals surface area contributed by atoms with Crippen molar-refractivity contribution in [2.24, 2.45) is 0 Å². The van der Waals surface area contributed by atoms with Gasteiger partial charge in [0.25, 0.3) is 0 Å². The van der Waals surface area contributed by atoms with E-state index in [0.29, 0.717) is 5.82 Å². The van der Waals surface area contributed by atoms with Crippen LogP contribution in [-0.4, -0.2) is 23.5 Å². The Morgan fingerprint density at radius 2 is 2.04 bits per heavy atom. The highest BCUT2D eigenvalue weighted by Crippen LogP contribution is 2.17. The number of benzene rings is 1. The summed E-state index contributed by atoms with van der Waals surface area (Å²) in [4.78, 5) is 27.6. The number of nitrogens with zero attached hydrogens (tertiary/aromatic N) is 2. The highest BCUT2D eigenvalue weighted by Gasteiger charge is 2.11. The summed E-state index contributed by atoms with van der Waals surface area (Å²) in [7, 11) is 0. The highest BCUT2D eigenvalue weighted by atomic mass is 19.1. The molecule has 3 N–H and O–H groups in total. The van der Waals surface area contributed by atoms with E-state index in [1.54, 1.807) is 18.3 Å². The summed E-state index contributed by atoms with van der Waals surface area (Å²) >= 11 is 0. The van der Waals surface area contributed by atoms with Gasteiger partial charge in [-0.05, 0) is 30.7 Å². The van der Waals surface area contributed by atoms with Crippen LogP contribution in [0.4, 0.5) is 20.7 Å². The van der Waals surface area contributed by atoms with Crippen LogP contribution in [0.15, 0.2) is 36.5 Å². The molecule has 0 bridgehead atoms. The number of nitriles is 1. The minimum atomic E-state index is -0.717. The lowest BCUT2D eigenvalue weighted by atomic mass is 10.2. The summed E-state index contributed by atoms with van der Waals surface area (Å²) in [6, 6.07) is 8.48. The smallest absolute Gasteiger partial charge is 0.319 e. The largest absolute Gasteiger partial charge is 0.337 e. The minimum Gasteiger partial charge on any atom is -0.337 e. The minimum absolute atomic E-state index is 0.0389. The van der Waals surface area contributed by atoms with E-state index in [4.69, 9.17) is 5.26 Å². The predicted octanol–water partition coefficient (Wildman–Crippen LogP) is 2.55. The Kier molecular flexibility index (Phi) is 6.01. The Morgan fingerprint density at radius 1 is 1.24 bits per heavy atom. The summed E-state index contributed by atoms with van der Waals surface area (Å²) in [5.41, 5.74) is 0.791. The first-order chi connectivity index (χ1) is 12.0. The van der Waals surface area contributed by atoms with E-state index in [1.165, 1.54) is 12.1 Å². The summed E-state index contributed by atoms with van der Waals surface area (Å²) in [6.07, 6.45) is 1.67. The van der Waals surface area contributed by atoms with Gasteiger partial charge in [-0.15, -0.1) is 0 Å². The number of carbonyl (C=O) groups is 2. The van der Waals surface area contributed by atoms with Crippen molar-refractivity contribution < 1.29 is 14.0 Å². The molecule has 0 aliphatic rings.